The molecule has 1 aromatic heterocycles. The summed E-state index contributed by atoms with van der Waals surface area (Å²) in [4.78, 5) is 10.5. The van der Waals surface area contributed by atoms with Crippen molar-refractivity contribution in [3.05, 3.63) is 46.1 Å². The third-order valence-electron chi connectivity index (χ3n) is 2.45. The molecule has 1 heterocycles. The Labute approximate surface area is 120 Å². The standard InChI is InChI=1S/C11H8F3N3O5/c12-11(13,14)22-9-3-1-2-8(17(19)20)7(9)6-21-10-4-5-16(18)15-10/h1-5,18H,6H2. The smallest absolute Gasteiger partial charge is 0.471 e. The van der Waals surface area contributed by atoms with Crippen LogP contribution >= 0.6 is 0 Å². The highest BCUT2D eigenvalue weighted by atomic mass is 19.4. The molecule has 11 heteroatoms. The Bertz CT molecular complexity index is 686. The monoisotopic (exact) mass is 319 g/mol. The Morgan fingerprint density at radius 2 is 2.09 bits per heavy atom. The summed E-state index contributed by atoms with van der Waals surface area (Å²) in [6.07, 6.45) is -3.89. The van der Waals surface area contributed by atoms with Crippen LogP contribution in [0.25, 0.3) is 0 Å². The Morgan fingerprint density at radius 1 is 1.36 bits per heavy atom. The number of nitro benzene ring substituents is 1. The Morgan fingerprint density at radius 3 is 2.64 bits per heavy atom. The fraction of sp³-hybridized carbons (Fsp3) is 0.182. The second-order valence-electron chi connectivity index (χ2n) is 3.92. The predicted molar refractivity (Wildman–Crippen MR) is 63.5 cm³/mol. The highest BCUT2D eigenvalue weighted by molar-refractivity contribution is 5.49. The van der Waals surface area contributed by atoms with Gasteiger partial charge in [0.15, 0.2) is 0 Å². The number of aromatic nitrogens is 2. The third-order valence-corrected chi connectivity index (χ3v) is 2.45. The van der Waals surface area contributed by atoms with E-state index < -0.39 is 34.9 Å². The maximum absolute atomic E-state index is 12.3. The number of ether oxygens (including phenoxy) is 2. The van der Waals surface area contributed by atoms with Crippen LogP contribution in [0.5, 0.6) is 11.6 Å². The van der Waals surface area contributed by atoms with Gasteiger partial charge in [0, 0.05) is 12.1 Å². The van der Waals surface area contributed by atoms with Gasteiger partial charge in [-0.25, -0.2) is 0 Å². The van der Waals surface area contributed by atoms with Crippen LogP contribution in [-0.4, -0.2) is 26.4 Å². The normalized spacial score (nSPS) is 11.2. The molecule has 0 amide bonds. The van der Waals surface area contributed by atoms with E-state index in [1.54, 1.807) is 0 Å². The van der Waals surface area contributed by atoms with Crippen molar-refractivity contribution in [1.29, 1.82) is 0 Å². The molecule has 0 aliphatic carbocycles. The lowest BCUT2D eigenvalue weighted by molar-refractivity contribution is -0.386. The zero-order valence-electron chi connectivity index (χ0n) is 10.6. The van der Waals surface area contributed by atoms with Gasteiger partial charge < -0.3 is 14.7 Å². The molecule has 0 bridgehead atoms. The molecule has 0 spiro atoms. The van der Waals surface area contributed by atoms with Crippen molar-refractivity contribution >= 4 is 5.69 Å². The number of nitrogens with zero attached hydrogens (tertiary/aromatic N) is 3. The second kappa shape index (κ2) is 5.79. The average molecular weight is 319 g/mol. The Kier molecular flexibility index (Phi) is 4.06. The fourth-order valence-corrected chi connectivity index (χ4v) is 1.61. The number of hydrogen-bond acceptors (Lipinski definition) is 6. The molecule has 8 nitrogen and oxygen atoms in total. The molecular formula is C11H8F3N3O5. The summed E-state index contributed by atoms with van der Waals surface area (Å²) in [6, 6.07) is 4.24. The lowest BCUT2D eigenvalue weighted by Gasteiger charge is -2.13. The summed E-state index contributed by atoms with van der Waals surface area (Å²) in [7, 11) is 0. The van der Waals surface area contributed by atoms with E-state index in [0.717, 1.165) is 24.4 Å². The first-order valence-corrected chi connectivity index (χ1v) is 5.66. The van der Waals surface area contributed by atoms with Gasteiger partial charge in [0.1, 0.15) is 17.9 Å². The van der Waals surface area contributed by atoms with E-state index >= 15 is 0 Å². The lowest BCUT2D eigenvalue weighted by atomic mass is 10.1. The molecule has 0 saturated heterocycles. The van der Waals surface area contributed by atoms with Crippen molar-refractivity contribution in [2.75, 3.05) is 0 Å². The maximum Gasteiger partial charge on any atom is 0.573 e. The molecule has 2 aromatic rings. The molecule has 0 atom stereocenters. The molecule has 0 unspecified atom stereocenters. The zero-order chi connectivity index (χ0) is 16.3. The number of alkyl halides is 3. The quantitative estimate of drug-likeness (QED) is 0.516. The van der Waals surface area contributed by atoms with E-state index in [-0.39, 0.29) is 5.88 Å². The predicted octanol–water partition coefficient (Wildman–Crippen LogP) is 2.51. The number of nitro groups is 1. The second-order valence-corrected chi connectivity index (χ2v) is 3.92. The van der Waals surface area contributed by atoms with E-state index in [0.29, 0.717) is 4.85 Å². The number of rotatable bonds is 5. The number of benzene rings is 1. The van der Waals surface area contributed by atoms with Gasteiger partial charge in [0.05, 0.1) is 11.1 Å². The topological polar surface area (TPSA) is 99.7 Å². The zero-order valence-corrected chi connectivity index (χ0v) is 10.6. The highest BCUT2D eigenvalue weighted by Gasteiger charge is 2.34. The van der Waals surface area contributed by atoms with Gasteiger partial charge in [0.25, 0.3) is 5.69 Å². The van der Waals surface area contributed by atoms with Crippen molar-refractivity contribution in [2.45, 2.75) is 13.0 Å². The van der Waals surface area contributed by atoms with Gasteiger partial charge in [-0.1, -0.05) is 11.2 Å². The van der Waals surface area contributed by atoms with Crippen molar-refractivity contribution in [2.24, 2.45) is 0 Å². The number of halogens is 3. The van der Waals surface area contributed by atoms with Crippen LogP contribution in [0.2, 0.25) is 0 Å². The van der Waals surface area contributed by atoms with Crippen LogP contribution in [0.4, 0.5) is 18.9 Å². The molecule has 0 aliphatic heterocycles. The number of hydrogen-bond donors (Lipinski definition) is 1. The van der Waals surface area contributed by atoms with Gasteiger partial charge in [-0.15, -0.1) is 18.0 Å². The van der Waals surface area contributed by atoms with Gasteiger partial charge >= 0.3 is 6.36 Å². The van der Waals surface area contributed by atoms with Crippen LogP contribution in [-0.2, 0) is 6.61 Å². The summed E-state index contributed by atoms with van der Waals surface area (Å²) in [5.41, 5.74) is -0.998. The summed E-state index contributed by atoms with van der Waals surface area (Å²) in [5.74, 6) is -0.872. The minimum absolute atomic E-state index is 0.126. The Hall–Kier alpha value is -2.98. The van der Waals surface area contributed by atoms with E-state index in [4.69, 9.17) is 9.94 Å². The molecular weight excluding hydrogens is 311 g/mol. The SMILES string of the molecule is O=[N+]([O-])c1cccc(OC(F)(F)F)c1COc1ccn(O)n1. The third kappa shape index (κ3) is 3.77. The van der Waals surface area contributed by atoms with Gasteiger partial charge in [-0.2, -0.15) is 0 Å². The van der Waals surface area contributed by atoms with Gasteiger partial charge in [-0.05, 0) is 6.07 Å². The highest BCUT2D eigenvalue weighted by Crippen LogP contribution is 2.33. The summed E-state index contributed by atoms with van der Waals surface area (Å²) < 4.78 is 45.8. The molecule has 2 rings (SSSR count). The largest absolute Gasteiger partial charge is 0.573 e. The molecule has 22 heavy (non-hydrogen) atoms. The van der Waals surface area contributed by atoms with Crippen LogP contribution in [0.3, 0.4) is 0 Å². The van der Waals surface area contributed by atoms with Crippen molar-refractivity contribution in [3.63, 3.8) is 0 Å². The average Bonchev–Trinajstić information content (AvgIpc) is 2.81. The van der Waals surface area contributed by atoms with Crippen LogP contribution in [0.15, 0.2) is 30.5 Å². The first kappa shape index (κ1) is 15.4. The molecule has 118 valence electrons. The van der Waals surface area contributed by atoms with Crippen molar-refractivity contribution in [1.82, 2.24) is 9.94 Å². The fourth-order valence-electron chi connectivity index (χ4n) is 1.61. The maximum atomic E-state index is 12.3. The molecule has 1 aromatic carbocycles. The van der Waals surface area contributed by atoms with Crippen LogP contribution in [0.1, 0.15) is 5.56 Å². The molecule has 1 N–H and O–H groups in total. The van der Waals surface area contributed by atoms with E-state index in [9.17, 15) is 23.3 Å². The van der Waals surface area contributed by atoms with E-state index in [1.165, 1.54) is 6.07 Å². The van der Waals surface area contributed by atoms with Crippen LogP contribution < -0.4 is 9.47 Å². The molecule has 0 saturated carbocycles. The van der Waals surface area contributed by atoms with Crippen molar-refractivity contribution < 1.29 is 32.8 Å². The Balaban J connectivity index is 2.30. The van der Waals surface area contributed by atoms with Crippen LogP contribution in [0, 0.1) is 10.1 Å². The summed E-state index contributed by atoms with van der Waals surface area (Å²) in [6.45, 7) is -0.598. The minimum Gasteiger partial charge on any atom is -0.471 e. The van der Waals surface area contributed by atoms with Gasteiger partial charge in [-0.3, -0.25) is 10.1 Å². The molecule has 0 fully saturated rings. The van der Waals surface area contributed by atoms with Gasteiger partial charge in [0.2, 0.25) is 5.88 Å². The first-order chi connectivity index (χ1) is 10.3. The molecule has 0 aliphatic rings. The van der Waals surface area contributed by atoms with Crippen molar-refractivity contribution in [3.8, 4) is 11.6 Å². The lowest BCUT2D eigenvalue weighted by Crippen LogP contribution is -2.19. The minimum atomic E-state index is -5.00. The van der Waals surface area contributed by atoms with E-state index in [2.05, 4.69) is 9.84 Å². The summed E-state index contributed by atoms with van der Waals surface area (Å²) in [5, 5.41) is 23.3. The molecule has 0 radical (unpaired) electrons. The summed E-state index contributed by atoms with van der Waals surface area (Å²) >= 11 is 0. The first-order valence-electron chi connectivity index (χ1n) is 5.66. The van der Waals surface area contributed by atoms with E-state index in [1.807, 2.05) is 0 Å².